The number of hydrogen-bond donors (Lipinski definition) is 1. The van der Waals surface area contributed by atoms with Crippen LogP contribution in [0.4, 0.5) is 0 Å². The van der Waals surface area contributed by atoms with Crippen LogP contribution in [0.25, 0.3) is 0 Å². The highest BCUT2D eigenvalue weighted by molar-refractivity contribution is 4.82. The lowest BCUT2D eigenvalue weighted by molar-refractivity contribution is -0.0974. The summed E-state index contributed by atoms with van der Waals surface area (Å²) in [5.74, 6) is 2.04. The van der Waals surface area contributed by atoms with E-state index in [1.165, 1.54) is 12.8 Å². The number of hydrogen-bond acceptors (Lipinski definition) is 4. The van der Waals surface area contributed by atoms with Crippen molar-refractivity contribution in [1.29, 1.82) is 0 Å². The molecule has 1 heterocycles. The van der Waals surface area contributed by atoms with Gasteiger partial charge < -0.3 is 14.6 Å². The van der Waals surface area contributed by atoms with Crippen molar-refractivity contribution >= 4 is 0 Å². The number of morpholine rings is 1. The summed E-state index contributed by atoms with van der Waals surface area (Å²) >= 11 is 0. The molecule has 1 aliphatic carbocycles. The molecule has 2 fully saturated rings. The van der Waals surface area contributed by atoms with E-state index >= 15 is 0 Å². The fraction of sp³-hybridized carbons (Fsp3) is 1.00. The van der Waals surface area contributed by atoms with Gasteiger partial charge >= 0.3 is 0 Å². The van der Waals surface area contributed by atoms with Gasteiger partial charge in [0.25, 0.3) is 0 Å². The molecule has 0 amide bonds. The van der Waals surface area contributed by atoms with Crippen molar-refractivity contribution in [2.75, 3.05) is 26.2 Å². The van der Waals surface area contributed by atoms with Crippen LogP contribution in [0.1, 0.15) is 53.9 Å². The minimum absolute atomic E-state index is 0.247. The third-order valence-corrected chi connectivity index (χ3v) is 5.43. The fourth-order valence-electron chi connectivity index (χ4n) is 4.33. The second kappa shape index (κ2) is 8.80. The number of ether oxygens (including phenoxy) is 2. The van der Waals surface area contributed by atoms with Gasteiger partial charge in [0, 0.05) is 19.6 Å². The van der Waals surface area contributed by atoms with Crippen LogP contribution in [0.5, 0.6) is 0 Å². The average molecular weight is 328 g/mol. The van der Waals surface area contributed by atoms with Gasteiger partial charge in [-0.1, -0.05) is 27.2 Å². The van der Waals surface area contributed by atoms with Crippen LogP contribution in [0, 0.1) is 17.8 Å². The molecule has 4 heteroatoms. The molecule has 0 aromatic carbocycles. The lowest BCUT2D eigenvalue weighted by atomic mass is 9.75. The standard InChI is InChI=1S/C19H37NO3/c1-13(2)18-7-6-14(3)8-19(18)22-12-17(21)11-20-9-15(4)23-16(5)10-20/h13-19,21H,6-12H2,1-5H3/t14-,15+,16+,17-,18-,19-/m1/s1. The van der Waals surface area contributed by atoms with Crippen molar-refractivity contribution < 1.29 is 14.6 Å². The zero-order valence-corrected chi connectivity index (χ0v) is 15.7. The maximum atomic E-state index is 10.4. The van der Waals surface area contributed by atoms with Crippen LogP contribution in [-0.2, 0) is 9.47 Å². The molecule has 136 valence electrons. The third-order valence-electron chi connectivity index (χ3n) is 5.43. The first-order chi connectivity index (χ1) is 10.8. The zero-order valence-electron chi connectivity index (χ0n) is 15.7. The lowest BCUT2D eigenvalue weighted by Crippen LogP contribution is -2.49. The van der Waals surface area contributed by atoms with E-state index in [0.29, 0.717) is 31.1 Å². The zero-order chi connectivity index (χ0) is 17.0. The molecular formula is C19H37NO3. The van der Waals surface area contributed by atoms with Crippen molar-refractivity contribution in [3.8, 4) is 0 Å². The van der Waals surface area contributed by atoms with Gasteiger partial charge in [0.1, 0.15) is 0 Å². The van der Waals surface area contributed by atoms with Crippen LogP contribution in [0.15, 0.2) is 0 Å². The van der Waals surface area contributed by atoms with E-state index < -0.39 is 6.10 Å². The second-order valence-electron chi connectivity index (χ2n) is 8.33. The topological polar surface area (TPSA) is 41.9 Å². The number of aliphatic hydroxyl groups excluding tert-OH is 1. The Labute approximate surface area is 142 Å². The minimum atomic E-state index is -0.405. The Hall–Kier alpha value is -0.160. The molecule has 0 aromatic rings. The van der Waals surface area contributed by atoms with E-state index in [0.717, 1.165) is 25.4 Å². The lowest BCUT2D eigenvalue weighted by Gasteiger charge is -2.38. The highest BCUT2D eigenvalue weighted by atomic mass is 16.5. The number of nitrogens with zero attached hydrogens (tertiary/aromatic N) is 1. The summed E-state index contributed by atoms with van der Waals surface area (Å²) in [5.41, 5.74) is 0. The summed E-state index contributed by atoms with van der Waals surface area (Å²) in [5, 5.41) is 10.4. The van der Waals surface area contributed by atoms with Gasteiger partial charge in [-0.05, 0) is 44.4 Å². The Morgan fingerprint density at radius 2 is 1.78 bits per heavy atom. The van der Waals surface area contributed by atoms with Crippen LogP contribution in [0.2, 0.25) is 0 Å². The Morgan fingerprint density at radius 1 is 1.13 bits per heavy atom. The molecule has 2 rings (SSSR count). The van der Waals surface area contributed by atoms with E-state index in [2.05, 4.69) is 39.5 Å². The number of rotatable bonds is 6. The molecule has 1 aliphatic heterocycles. The van der Waals surface area contributed by atoms with Crippen LogP contribution < -0.4 is 0 Å². The summed E-state index contributed by atoms with van der Waals surface area (Å²) in [6.45, 7) is 14.1. The van der Waals surface area contributed by atoms with Gasteiger partial charge in [-0.3, -0.25) is 4.90 Å². The smallest absolute Gasteiger partial charge is 0.0900 e. The van der Waals surface area contributed by atoms with Gasteiger partial charge in [0.05, 0.1) is 31.0 Å². The molecule has 1 saturated heterocycles. The summed E-state index contributed by atoms with van der Waals surface area (Å²) in [6.07, 6.45) is 4.12. The molecule has 0 spiro atoms. The summed E-state index contributed by atoms with van der Waals surface area (Å²) < 4.78 is 11.9. The first-order valence-electron chi connectivity index (χ1n) is 9.52. The summed E-state index contributed by atoms with van der Waals surface area (Å²) in [6, 6.07) is 0. The molecule has 2 aliphatic rings. The molecular weight excluding hydrogens is 290 g/mol. The van der Waals surface area contributed by atoms with Crippen LogP contribution >= 0.6 is 0 Å². The Morgan fingerprint density at radius 3 is 2.39 bits per heavy atom. The van der Waals surface area contributed by atoms with Crippen molar-refractivity contribution in [2.24, 2.45) is 17.8 Å². The SMILES string of the molecule is CC(C)[C@H]1CC[C@@H](C)C[C@H]1OC[C@H](O)CN1C[C@H](C)O[C@@H](C)C1. The minimum Gasteiger partial charge on any atom is -0.389 e. The Bertz CT molecular complexity index is 340. The predicted molar refractivity (Wildman–Crippen MR) is 93.5 cm³/mol. The molecule has 0 aromatic heterocycles. The molecule has 0 radical (unpaired) electrons. The normalized spacial score (nSPS) is 38.0. The molecule has 1 saturated carbocycles. The quantitative estimate of drug-likeness (QED) is 0.814. The van der Waals surface area contributed by atoms with Crippen molar-refractivity contribution in [3.05, 3.63) is 0 Å². The van der Waals surface area contributed by atoms with Gasteiger partial charge in [-0.25, -0.2) is 0 Å². The Kier molecular flexibility index (Phi) is 7.33. The summed E-state index contributed by atoms with van der Waals surface area (Å²) in [7, 11) is 0. The Balaban J connectivity index is 1.77. The van der Waals surface area contributed by atoms with E-state index in [4.69, 9.17) is 9.47 Å². The van der Waals surface area contributed by atoms with Gasteiger partial charge in [-0.15, -0.1) is 0 Å². The first-order valence-corrected chi connectivity index (χ1v) is 9.52. The number of β-amino-alcohol motifs (C(OH)–C–C–N with tert-alkyl or cyclic N) is 1. The summed E-state index contributed by atoms with van der Waals surface area (Å²) in [4.78, 5) is 2.30. The fourth-order valence-corrected chi connectivity index (χ4v) is 4.33. The highest BCUT2D eigenvalue weighted by Gasteiger charge is 2.32. The third kappa shape index (κ3) is 6.00. The molecule has 1 N–H and O–H groups in total. The van der Waals surface area contributed by atoms with Crippen LogP contribution in [-0.4, -0.2) is 60.7 Å². The van der Waals surface area contributed by atoms with Crippen molar-refractivity contribution in [2.45, 2.75) is 78.3 Å². The van der Waals surface area contributed by atoms with E-state index in [-0.39, 0.29) is 12.2 Å². The van der Waals surface area contributed by atoms with E-state index in [1.54, 1.807) is 0 Å². The van der Waals surface area contributed by atoms with Gasteiger partial charge in [0.15, 0.2) is 0 Å². The maximum absolute atomic E-state index is 10.4. The first kappa shape index (κ1) is 19.2. The van der Waals surface area contributed by atoms with E-state index in [9.17, 15) is 5.11 Å². The molecule has 23 heavy (non-hydrogen) atoms. The van der Waals surface area contributed by atoms with E-state index in [1.807, 2.05) is 0 Å². The monoisotopic (exact) mass is 327 g/mol. The van der Waals surface area contributed by atoms with Crippen molar-refractivity contribution in [3.63, 3.8) is 0 Å². The average Bonchev–Trinajstić information content (AvgIpc) is 2.43. The van der Waals surface area contributed by atoms with Gasteiger partial charge in [0.2, 0.25) is 0 Å². The molecule has 6 atom stereocenters. The largest absolute Gasteiger partial charge is 0.389 e. The molecule has 0 unspecified atom stereocenters. The van der Waals surface area contributed by atoms with Crippen molar-refractivity contribution in [1.82, 2.24) is 4.90 Å². The second-order valence-corrected chi connectivity index (χ2v) is 8.33. The highest BCUT2D eigenvalue weighted by Crippen LogP contribution is 2.35. The molecule has 4 nitrogen and oxygen atoms in total. The molecule has 0 bridgehead atoms. The predicted octanol–water partition coefficient (Wildman–Crippen LogP) is 2.93. The van der Waals surface area contributed by atoms with Gasteiger partial charge in [-0.2, -0.15) is 0 Å². The van der Waals surface area contributed by atoms with Crippen LogP contribution in [0.3, 0.4) is 0 Å². The maximum Gasteiger partial charge on any atom is 0.0900 e. The number of aliphatic hydroxyl groups is 1.